The molecule has 0 saturated carbocycles. The SMILES string of the molecule is CCC(NC(=S)NC(=O)Cc1ccc(OC)cc1)c1ccccc1. The largest absolute Gasteiger partial charge is 0.497 e. The van der Waals surface area contributed by atoms with Crippen LogP contribution in [0.15, 0.2) is 54.6 Å². The summed E-state index contributed by atoms with van der Waals surface area (Å²) in [5, 5.41) is 6.29. The predicted molar refractivity (Wildman–Crippen MR) is 100 cm³/mol. The molecular formula is C19H22N2O2S. The molecule has 1 unspecified atom stereocenters. The highest BCUT2D eigenvalue weighted by Crippen LogP contribution is 2.15. The molecule has 0 spiro atoms. The van der Waals surface area contributed by atoms with Crippen molar-refractivity contribution in [2.45, 2.75) is 25.8 Å². The van der Waals surface area contributed by atoms with Gasteiger partial charge in [-0.2, -0.15) is 0 Å². The van der Waals surface area contributed by atoms with Crippen molar-refractivity contribution in [1.82, 2.24) is 10.6 Å². The van der Waals surface area contributed by atoms with Crippen molar-refractivity contribution in [3.05, 3.63) is 65.7 Å². The molecule has 2 N–H and O–H groups in total. The molecule has 2 aromatic rings. The molecule has 0 aliphatic heterocycles. The minimum atomic E-state index is -0.138. The van der Waals surface area contributed by atoms with Crippen LogP contribution in [-0.4, -0.2) is 18.1 Å². The van der Waals surface area contributed by atoms with Crippen LogP contribution in [0.3, 0.4) is 0 Å². The van der Waals surface area contributed by atoms with Crippen molar-refractivity contribution in [3.63, 3.8) is 0 Å². The van der Waals surface area contributed by atoms with E-state index in [0.717, 1.165) is 23.3 Å². The third kappa shape index (κ3) is 5.35. The summed E-state index contributed by atoms with van der Waals surface area (Å²) in [5.41, 5.74) is 2.05. The number of nitrogens with one attached hydrogen (secondary N) is 2. The maximum absolute atomic E-state index is 12.1. The first kappa shape index (κ1) is 17.9. The highest BCUT2D eigenvalue weighted by Gasteiger charge is 2.12. The third-order valence-corrected chi connectivity index (χ3v) is 3.91. The Morgan fingerprint density at radius 2 is 1.79 bits per heavy atom. The molecule has 0 heterocycles. The van der Waals surface area contributed by atoms with E-state index in [-0.39, 0.29) is 18.4 Å². The Hall–Kier alpha value is -2.40. The average Bonchev–Trinajstić information content (AvgIpc) is 2.61. The zero-order valence-electron chi connectivity index (χ0n) is 13.9. The molecule has 0 aromatic heterocycles. The van der Waals surface area contributed by atoms with Gasteiger partial charge in [-0.15, -0.1) is 0 Å². The second-order valence-electron chi connectivity index (χ2n) is 5.42. The van der Waals surface area contributed by atoms with Crippen LogP contribution in [0.4, 0.5) is 0 Å². The molecule has 0 saturated heterocycles. The van der Waals surface area contributed by atoms with Crippen LogP contribution in [0.2, 0.25) is 0 Å². The van der Waals surface area contributed by atoms with Crippen molar-refractivity contribution in [3.8, 4) is 5.75 Å². The smallest absolute Gasteiger partial charge is 0.230 e. The van der Waals surface area contributed by atoms with Gasteiger partial charge in [0.25, 0.3) is 0 Å². The summed E-state index contributed by atoms with van der Waals surface area (Å²) in [6.07, 6.45) is 1.15. The highest BCUT2D eigenvalue weighted by molar-refractivity contribution is 7.80. The van der Waals surface area contributed by atoms with Crippen molar-refractivity contribution in [1.29, 1.82) is 0 Å². The number of carbonyl (C=O) groups excluding carboxylic acids is 1. The van der Waals surface area contributed by atoms with Gasteiger partial charge in [0.15, 0.2) is 5.11 Å². The standard InChI is InChI=1S/C19H22N2O2S/c1-3-17(15-7-5-4-6-8-15)20-19(24)21-18(22)13-14-9-11-16(23-2)12-10-14/h4-12,17H,3,13H2,1-2H3,(H2,20,21,22,24). The molecule has 0 bridgehead atoms. The van der Waals surface area contributed by atoms with Gasteiger partial charge in [0.2, 0.25) is 5.91 Å². The van der Waals surface area contributed by atoms with E-state index in [4.69, 9.17) is 17.0 Å². The number of rotatable bonds is 6. The normalized spacial score (nSPS) is 11.4. The highest BCUT2D eigenvalue weighted by atomic mass is 32.1. The molecule has 1 atom stereocenters. The monoisotopic (exact) mass is 342 g/mol. The summed E-state index contributed by atoms with van der Waals surface area (Å²) < 4.78 is 5.11. The van der Waals surface area contributed by atoms with Crippen LogP contribution >= 0.6 is 12.2 Å². The van der Waals surface area contributed by atoms with Crippen molar-refractivity contribution >= 4 is 23.2 Å². The molecule has 0 aliphatic carbocycles. The molecule has 0 fully saturated rings. The molecule has 4 nitrogen and oxygen atoms in total. The number of hydrogen-bond acceptors (Lipinski definition) is 3. The Kier molecular flexibility index (Phi) is 6.75. The van der Waals surface area contributed by atoms with E-state index in [1.54, 1.807) is 7.11 Å². The second-order valence-corrected chi connectivity index (χ2v) is 5.83. The first-order valence-electron chi connectivity index (χ1n) is 7.90. The fourth-order valence-electron chi connectivity index (χ4n) is 2.40. The Labute approximate surface area is 148 Å². The van der Waals surface area contributed by atoms with E-state index >= 15 is 0 Å². The minimum absolute atomic E-state index is 0.0833. The van der Waals surface area contributed by atoms with E-state index < -0.39 is 0 Å². The molecule has 2 aromatic carbocycles. The number of hydrogen-bond donors (Lipinski definition) is 2. The van der Waals surface area contributed by atoms with Gasteiger partial charge in [-0.05, 0) is 41.9 Å². The Balaban J connectivity index is 1.87. The van der Waals surface area contributed by atoms with Crippen molar-refractivity contribution < 1.29 is 9.53 Å². The number of methoxy groups -OCH3 is 1. The van der Waals surface area contributed by atoms with Gasteiger partial charge in [-0.25, -0.2) is 0 Å². The van der Waals surface area contributed by atoms with E-state index in [1.165, 1.54) is 0 Å². The molecule has 126 valence electrons. The summed E-state index contributed by atoms with van der Waals surface area (Å²) in [5.74, 6) is 0.630. The van der Waals surface area contributed by atoms with Gasteiger partial charge in [0.1, 0.15) is 5.75 Å². The maximum atomic E-state index is 12.1. The van der Waals surface area contributed by atoms with Crippen LogP contribution < -0.4 is 15.4 Å². The lowest BCUT2D eigenvalue weighted by atomic mass is 10.1. The van der Waals surface area contributed by atoms with Crippen LogP contribution in [0.1, 0.15) is 30.5 Å². The summed E-state index contributed by atoms with van der Waals surface area (Å²) in [7, 11) is 1.61. The fraction of sp³-hybridized carbons (Fsp3) is 0.263. The number of amides is 1. The fourth-order valence-corrected chi connectivity index (χ4v) is 2.66. The molecule has 0 radical (unpaired) electrons. The van der Waals surface area contributed by atoms with E-state index in [2.05, 4.69) is 17.6 Å². The summed E-state index contributed by atoms with van der Waals surface area (Å²) in [6.45, 7) is 2.08. The first-order chi connectivity index (χ1) is 11.6. The topological polar surface area (TPSA) is 50.4 Å². The van der Waals surface area contributed by atoms with Crippen molar-refractivity contribution in [2.24, 2.45) is 0 Å². The number of ether oxygens (including phenoxy) is 1. The molecule has 0 aliphatic rings. The van der Waals surface area contributed by atoms with Gasteiger partial charge in [-0.3, -0.25) is 4.79 Å². The maximum Gasteiger partial charge on any atom is 0.230 e. The van der Waals surface area contributed by atoms with Gasteiger partial charge < -0.3 is 15.4 Å². The van der Waals surface area contributed by atoms with Crippen LogP contribution in [0.25, 0.3) is 0 Å². The number of thiocarbonyl (C=S) groups is 1. The van der Waals surface area contributed by atoms with E-state index in [0.29, 0.717) is 5.11 Å². The van der Waals surface area contributed by atoms with Gasteiger partial charge >= 0.3 is 0 Å². The lowest BCUT2D eigenvalue weighted by molar-refractivity contribution is -0.119. The first-order valence-corrected chi connectivity index (χ1v) is 8.31. The van der Waals surface area contributed by atoms with Gasteiger partial charge in [0.05, 0.1) is 19.6 Å². The quantitative estimate of drug-likeness (QED) is 0.790. The molecule has 24 heavy (non-hydrogen) atoms. The summed E-state index contributed by atoms with van der Waals surface area (Å²) >= 11 is 5.27. The lowest BCUT2D eigenvalue weighted by Crippen LogP contribution is -2.41. The summed E-state index contributed by atoms with van der Waals surface area (Å²) in [4.78, 5) is 12.1. The Bertz CT molecular complexity index is 672. The average molecular weight is 342 g/mol. The van der Waals surface area contributed by atoms with Crippen LogP contribution in [-0.2, 0) is 11.2 Å². The van der Waals surface area contributed by atoms with Gasteiger partial charge in [0, 0.05) is 0 Å². The third-order valence-electron chi connectivity index (χ3n) is 3.69. The van der Waals surface area contributed by atoms with Crippen molar-refractivity contribution in [2.75, 3.05) is 7.11 Å². The predicted octanol–water partition coefficient (Wildman–Crippen LogP) is 3.38. The van der Waals surface area contributed by atoms with E-state index in [1.807, 2.05) is 54.6 Å². The lowest BCUT2D eigenvalue weighted by Gasteiger charge is -2.19. The van der Waals surface area contributed by atoms with E-state index in [9.17, 15) is 4.79 Å². The Morgan fingerprint density at radius 3 is 2.38 bits per heavy atom. The number of carbonyl (C=O) groups is 1. The number of benzene rings is 2. The minimum Gasteiger partial charge on any atom is -0.497 e. The van der Waals surface area contributed by atoms with Crippen LogP contribution in [0.5, 0.6) is 5.75 Å². The van der Waals surface area contributed by atoms with Gasteiger partial charge in [-0.1, -0.05) is 49.4 Å². The zero-order valence-corrected chi connectivity index (χ0v) is 14.7. The second kappa shape index (κ2) is 9.03. The summed E-state index contributed by atoms with van der Waals surface area (Å²) in [6, 6.07) is 17.5. The molecule has 5 heteroatoms. The zero-order chi connectivity index (χ0) is 17.4. The molecule has 2 rings (SSSR count). The molecular weight excluding hydrogens is 320 g/mol. The molecule has 1 amide bonds. The van der Waals surface area contributed by atoms with Crippen LogP contribution in [0, 0.1) is 0 Å². The Morgan fingerprint density at radius 1 is 1.12 bits per heavy atom.